The van der Waals surface area contributed by atoms with Gasteiger partial charge in [-0.05, 0) is 46.8 Å². The summed E-state index contributed by atoms with van der Waals surface area (Å²) in [5.41, 5.74) is 2.79. The number of anilines is 1. The maximum Gasteiger partial charge on any atom is 0.123 e. The number of nitrogens with zero attached hydrogens (tertiary/aromatic N) is 1. The molecule has 4 heteroatoms. The van der Waals surface area contributed by atoms with Crippen LogP contribution >= 0.6 is 0 Å². The fourth-order valence-corrected chi connectivity index (χ4v) is 3.63. The molecule has 0 N–H and O–H groups in total. The SMILES string of the molecule is CN(CCOC(c1ccc(F)cc1)c1ccc(F)cc1)c1cccc2ccccc12. The number of hydrogen-bond donors (Lipinski definition) is 0. The molecule has 0 aliphatic carbocycles. The van der Waals surface area contributed by atoms with E-state index >= 15 is 0 Å². The number of benzene rings is 4. The maximum absolute atomic E-state index is 13.4. The Bertz CT molecular complexity index is 1060. The molecule has 2 nitrogen and oxygen atoms in total. The van der Waals surface area contributed by atoms with E-state index in [1.807, 2.05) is 19.2 Å². The van der Waals surface area contributed by atoms with Gasteiger partial charge in [-0.3, -0.25) is 0 Å². The highest BCUT2D eigenvalue weighted by Gasteiger charge is 2.16. The van der Waals surface area contributed by atoms with Gasteiger partial charge in [-0.1, -0.05) is 60.7 Å². The zero-order valence-corrected chi connectivity index (χ0v) is 16.8. The fourth-order valence-electron chi connectivity index (χ4n) is 3.63. The molecule has 0 atom stereocenters. The van der Waals surface area contributed by atoms with Crippen LogP contribution in [0.4, 0.5) is 14.5 Å². The molecule has 0 heterocycles. The van der Waals surface area contributed by atoms with E-state index in [9.17, 15) is 8.78 Å². The molecule has 0 saturated carbocycles. The summed E-state index contributed by atoms with van der Waals surface area (Å²) in [5.74, 6) is -0.598. The van der Waals surface area contributed by atoms with Gasteiger partial charge in [0.05, 0.1) is 6.61 Å². The molecule has 0 unspecified atom stereocenters. The third-order valence-corrected chi connectivity index (χ3v) is 5.23. The maximum atomic E-state index is 13.4. The smallest absolute Gasteiger partial charge is 0.123 e. The standard InChI is InChI=1S/C26H23F2NO/c1-29(25-8-4-6-19-5-2-3-7-24(19)25)17-18-30-26(20-9-13-22(27)14-10-20)21-11-15-23(28)16-12-21/h2-16,26H,17-18H2,1H3. The second-order valence-electron chi connectivity index (χ2n) is 7.27. The van der Waals surface area contributed by atoms with E-state index in [2.05, 4.69) is 35.2 Å². The molecule has 0 radical (unpaired) electrons. The van der Waals surface area contributed by atoms with Gasteiger partial charge in [0.15, 0.2) is 0 Å². The average Bonchev–Trinajstić information content (AvgIpc) is 2.78. The Morgan fingerprint density at radius 1 is 0.733 bits per heavy atom. The number of halogens is 2. The van der Waals surface area contributed by atoms with Crippen molar-refractivity contribution in [1.29, 1.82) is 0 Å². The van der Waals surface area contributed by atoms with Gasteiger partial charge in [-0.2, -0.15) is 0 Å². The van der Waals surface area contributed by atoms with E-state index in [-0.39, 0.29) is 11.6 Å². The first kappa shape index (κ1) is 20.0. The van der Waals surface area contributed by atoms with Crippen LogP contribution < -0.4 is 4.90 Å². The van der Waals surface area contributed by atoms with Gasteiger partial charge in [0.1, 0.15) is 17.7 Å². The average molecular weight is 403 g/mol. The number of likely N-dealkylation sites (N-methyl/N-ethyl adjacent to an activating group) is 1. The van der Waals surface area contributed by atoms with Crippen LogP contribution in [0.3, 0.4) is 0 Å². The first-order chi connectivity index (χ1) is 14.6. The van der Waals surface area contributed by atoms with E-state index in [0.717, 1.165) is 16.8 Å². The predicted molar refractivity (Wildman–Crippen MR) is 118 cm³/mol. The van der Waals surface area contributed by atoms with Gasteiger partial charge < -0.3 is 9.64 Å². The summed E-state index contributed by atoms with van der Waals surface area (Å²) in [5, 5.41) is 2.38. The number of rotatable bonds is 7. The van der Waals surface area contributed by atoms with Crippen molar-refractivity contribution in [2.24, 2.45) is 0 Å². The van der Waals surface area contributed by atoms with Gasteiger partial charge >= 0.3 is 0 Å². The number of fused-ring (bicyclic) bond motifs is 1. The molecule has 4 rings (SSSR count). The summed E-state index contributed by atoms with van der Waals surface area (Å²) in [6.45, 7) is 1.13. The lowest BCUT2D eigenvalue weighted by Gasteiger charge is -2.24. The quantitative estimate of drug-likeness (QED) is 0.356. The minimum Gasteiger partial charge on any atom is -0.372 e. The highest BCUT2D eigenvalue weighted by atomic mass is 19.1. The second-order valence-corrected chi connectivity index (χ2v) is 7.27. The fraction of sp³-hybridized carbons (Fsp3) is 0.154. The van der Waals surface area contributed by atoms with Gasteiger partial charge in [-0.25, -0.2) is 8.78 Å². The van der Waals surface area contributed by atoms with Crippen LogP contribution in [0.15, 0.2) is 91.0 Å². The molecule has 0 fully saturated rings. The molecule has 30 heavy (non-hydrogen) atoms. The van der Waals surface area contributed by atoms with E-state index in [4.69, 9.17) is 4.74 Å². The largest absolute Gasteiger partial charge is 0.372 e. The Kier molecular flexibility index (Phi) is 6.05. The third-order valence-electron chi connectivity index (χ3n) is 5.23. The van der Waals surface area contributed by atoms with Crippen molar-refractivity contribution < 1.29 is 13.5 Å². The van der Waals surface area contributed by atoms with Crippen molar-refractivity contribution in [3.8, 4) is 0 Å². The molecular weight excluding hydrogens is 380 g/mol. The Hall–Kier alpha value is -3.24. The summed E-state index contributed by atoms with van der Waals surface area (Å²) in [6, 6.07) is 27.0. The van der Waals surface area contributed by atoms with Crippen LogP contribution in [-0.4, -0.2) is 20.2 Å². The van der Waals surface area contributed by atoms with Crippen molar-refractivity contribution in [1.82, 2.24) is 0 Å². The molecule has 0 aromatic heterocycles. The monoisotopic (exact) mass is 403 g/mol. The Morgan fingerprint density at radius 2 is 1.30 bits per heavy atom. The van der Waals surface area contributed by atoms with Crippen LogP contribution in [0.5, 0.6) is 0 Å². The van der Waals surface area contributed by atoms with Crippen molar-refractivity contribution in [3.05, 3.63) is 114 Å². The Morgan fingerprint density at radius 3 is 1.93 bits per heavy atom. The lowest BCUT2D eigenvalue weighted by atomic mass is 10.0. The van der Waals surface area contributed by atoms with Crippen LogP contribution in [0, 0.1) is 11.6 Å². The first-order valence-corrected chi connectivity index (χ1v) is 9.93. The van der Waals surface area contributed by atoms with Crippen LogP contribution in [0.1, 0.15) is 17.2 Å². The normalized spacial score (nSPS) is 11.2. The second kappa shape index (κ2) is 9.06. The number of hydrogen-bond acceptors (Lipinski definition) is 2. The molecule has 0 aliphatic heterocycles. The summed E-state index contributed by atoms with van der Waals surface area (Å²) in [4.78, 5) is 2.16. The zero-order valence-electron chi connectivity index (χ0n) is 16.8. The molecule has 0 amide bonds. The molecule has 0 aliphatic rings. The minimum absolute atomic E-state index is 0.299. The number of ether oxygens (including phenoxy) is 1. The van der Waals surface area contributed by atoms with Gasteiger partial charge in [-0.15, -0.1) is 0 Å². The molecular formula is C26H23F2NO. The van der Waals surface area contributed by atoms with Crippen LogP contribution in [0.2, 0.25) is 0 Å². The zero-order chi connectivity index (χ0) is 20.9. The van der Waals surface area contributed by atoms with Gasteiger partial charge in [0.2, 0.25) is 0 Å². The first-order valence-electron chi connectivity index (χ1n) is 9.93. The molecule has 152 valence electrons. The predicted octanol–water partition coefficient (Wildman–Crippen LogP) is 6.36. The highest BCUT2D eigenvalue weighted by Crippen LogP contribution is 2.28. The van der Waals surface area contributed by atoms with Crippen molar-refractivity contribution in [3.63, 3.8) is 0 Å². The lowest BCUT2D eigenvalue weighted by Crippen LogP contribution is -2.24. The molecule has 0 saturated heterocycles. The van der Waals surface area contributed by atoms with E-state index in [1.165, 1.54) is 35.0 Å². The minimum atomic E-state index is -0.396. The van der Waals surface area contributed by atoms with E-state index in [0.29, 0.717) is 13.2 Å². The van der Waals surface area contributed by atoms with Crippen molar-refractivity contribution in [2.75, 3.05) is 25.1 Å². The van der Waals surface area contributed by atoms with E-state index < -0.39 is 6.10 Å². The third kappa shape index (κ3) is 4.50. The summed E-state index contributed by atoms with van der Waals surface area (Å²) in [7, 11) is 2.04. The highest BCUT2D eigenvalue weighted by molar-refractivity contribution is 5.94. The molecule has 4 aromatic rings. The van der Waals surface area contributed by atoms with Crippen LogP contribution in [0.25, 0.3) is 10.8 Å². The van der Waals surface area contributed by atoms with Crippen LogP contribution in [-0.2, 0) is 4.74 Å². The Labute approximate surface area is 175 Å². The molecule has 4 aromatic carbocycles. The summed E-state index contributed by atoms with van der Waals surface area (Å²) in [6.07, 6.45) is -0.396. The molecule has 0 bridgehead atoms. The van der Waals surface area contributed by atoms with Crippen molar-refractivity contribution in [2.45, 2.75) is 6.10 Å². The summed E-state index contributed by atoms with van der Waals surface area (Å²) < 4.78 is 33.0. The topological polar surface area (TPSA) is 12.5 Å². The lowest BCUT2D eigenvalue weighted by molar-refractivity contribution is 0.0858. The Balaban J connectivity index is 1.51. The van der Waals surface area contributed by atoms with E-state index in [1.54, 1.807) is 24.3 Å². The summed E-state index contributed by atoms with van der Waals surface area (Å²) >= 11 is 0. The molecule has 0 spiro atoms. The van der Waals surface area contributed by atoms with Gasteiger partial charge in [0.25, 0.3) is 0 Å². The van der Waals surface area contributed by atoms with Gasteiger partial charge in [0, 0.05) is 24.7 Å². The van der Waals surface area contributed by atoms with Crippen molar-refractivity contribution >= 4 is 16.5 Å².